The van der Waals surface area contributed by atoms with E-state index in [0.29, 0.717) is 11.4 Å². The minimum Gasteiger partial charge on any atom is -0.303 e. The van der Waals surface area contributed by atoms with E-state index in [4.69, 9.17) is 0 Å². The average molecular weight is 339 g/mol. The van der Waals surface area contributed by atoms with E-state index in [1.54, 1.807) is 0 Å². The highest BCUT2D eigenvalue weighted by Gasteiger charge is 2.19. The van der Waals surface area contributed by atoms with Crippen LogP contribution >= 0.6 is 0 Å². The number of benzene rings is 1. The van der Waals surface area contributed by atoms with Crippen molar-refractivity contribution in [2.24, 2.45) is 0 Å². The molecule has 0 aliphatic carbocycles. The zero-order valence-corrected chi connectivity index (χ0v) is 15.5. The van der Waals surface area contributed by atoms with Crippen LogP contribution in [-0.2, 0) is 10.0 Å². The van der Waals surface area contributed by atoms with Crippen molar-refractivity contribution < 1.29 is 8.42 Å². The van der Waals surface area contributed by atoms with Gasteiger partial charge in [0.1, 0.15) is 0 Å². The monoisotopic (exact) mass is 338 g/mol. The van der Waals surface area contributed by atoms with E-state index in [9.17, 15) is 8.42 Å². The Balaban J connectivity index is 1.89. The quantitative estimate of drug-likeness (QED) is 0.811. The maximum absolute atomic E-state index is 12.6. The Labute approximate surface area is 141 Å². The van der Waals surface area contributed by atoms with Gasteiger partial charge in [0, 0.05) is 6.54 Å². The van der Waals surface area contributed by atoms with Gasteiger partial charge >= 0.3 is 0 Å². The summed E-state index contributed by atoms with van der Waals surface area (Å²) in [4.78, 5) is 2.90. The van der Waals surface area contributed by atoms with E-state index in [-0.39, 0.29) is 0 Å². The van der Waals surface area contributed by atoms with Crippen molar-refractivity contribution in [1.82, 2.24) is 9.62 Å². The van der Waals surface area contributed by atoms with Crippen LogP contribution < -0.4 is 4.72 Å². The summed E-state index contributed by atoms with van der Waals surface area (Å²) in [5, 5.41) is 0. The zero-order valence-electron chi connectivity index (χ0n) is 14.7. The number of rotatable bonds is 6. The van der Waals surface area contributed by atoms with Gasteiger partial charge in [0.25, 0.3) is 0 Å². The average Bonchev–Trinajstić information content (AvgIpc) is 2.70. The van der Waals surface area contributed by atoms with Gasteiger partial charge in [-0.1, -0.05) is 30.5 Å². The Hall–Kier alpha value is -0.910. The van der Waals surface area contributed by atoms with Gasteiger partial charge in [0.15, 0.2) is 0 Å². The maximum Gasteiger partial charge on any atom is 0.241 e. The second kappa shape index (κ2) is 8.27. The van der Waals surface area contributed by atoms with Crippen molar-refractivity contribution in [1.29, 1.82) is 0 Å². The van der Waals surface area contributed by atoms with E-state index in [2.05, 4.69) is 9.62 Å². The van der Waals surface area contributed by atoms with Gasteiger partial charge in [-0.15, -0.1) is 0 Å². The summed E-state index contributed by atoms with van der Waals surface area (Å²) in [6, 6.07) is 3.86. The molecule has 23 heavy (non-hydrogen) atoms. The molecule has 1 aromatic rings. The lowest BCUT2D eigenvalue weighted by molar-refractivity contribution is 0.282. The Bertz CT molecular complexity index is 595. The van der Waals surface area contributed by atoms with Gasteiger partial charge in [0.2, 0.25) is 10.0 Å². The topological polar surface area (TPSA) is 49.4 Å². The molecule has 0 bridgehead atoms. The first-order valence-electron chi connectivity index (χ1n) is 8.70. The molecule has 4 nitrogen and oxygen atoms in total. The number of nitrogens with zero attached hydrogens (tertiary/aromatic N) is 1. The molecule has 0 radical (unpaired) electrons. The highest BCUT2D eigenvalue weighted by Crippen LogP contribution is 2.21. The third-order valence-corrected chi connectivity index (χ3v) is 6.28. The molecule has 0 aromatic heterocycles. The lowest BCUT2D eigenvalue weighted by atomic mass is 10.1. The van der Waals surface area contributed by atoms with Gasteiger partial charge in [-0.25, -0.2) is 13.1 Å². The van der Waals surface area contributed by atoms with Crippen molar-refractivity contribution in [2.75, 3.05) is 26.2 Å². The molecule has 5 heteroatoms. The van der Waals surface area contributed by atoms with Crippen molar-refractivity contribution in [3.63, 3.8) is 0 Å². The smallest absolute Gasteiger partial charge is 0.241 e. The predicted octanol–water partition coefficient (Wildman–Crippen LogP) is 3.16. The summed E-state index contributed by atoms with van der Waals surface area (Å²) >= 11 is 0. The van der Waals surface area contributed by atoms with Crippen LogP contribution in [0.1, 0.15) is 48.8 Å². The lowest BCUT2D eigenvalue weighted by Crippen LogP contribution is -2.31. The van der Waals surface area contributed by atoms with Gasteiger partial charge in [-0.3, -0.25) is 0 Å². The first-order valence-corrected chi connectivity index (χ1v) is 10.2. The van der Waals surface area contributed by atoms with Crippen LogP contribution in [0.2, 0.25) is 0 Å². The molecule has 0 saturated carbocycles. The molecule has 0 atom stereocenters. The van der Waals surface area contributed by atoms with Crippen LogP contribution in [0.4, 0.5) is 0 Å². The fourth-order valence-corrected chi connectivity index (χ4v) is 5.05. The first-order chi connectivity index (χ1) is 10.9. The summed E-state index contributed by atoms with van der Waals surface area (Å²) < 4.78 is 27.9. The molecule has 1 aliphatic rings. The standard InChI is InChI=1S/C18H30N2O2S/c1-15-13-16(2)18(17(3)14-15)23(21,22)19-9-8-12-20-10-6-4-5-7-11-20/h13-14,19H,4-12H2,1-3H3. The van der Waals surface area contributed by atoms with E-state index in [0.717, 1.165) is 42.7 Å². The van der Waals surface area contributed by atoms with Crippen molar-refractivity contribution in [3.8, 4) is 0 Å². The first kappa shape index (κ1) is 18.4. The number of aryl methyl sites for hydroxylation is 3. The van der Waals surface area contributed by atoms with Crippen molar-refractivity contribution in [2.45, 2.75) is 57.8 Å². The number of hydrogen-bond donors (Lipinski definition) is 1. The molecule has 1 aliphatic heterocycles. The van der Waals surface area contributed by atoms with Crippen LogP contribution in [0.15, 0.2) is 17.0 Å². The number of hydrogen-bond acceptors (Lipinski definition) is 3. The normalized spacial score (nSPS) is 17.2. The highest BCUT2D eigenvalue weighted by molar-refractivity contribution is 7.89. The molecule has 0 unspecified atom stereocenters. The van der Waals surface area contributed by atoms with Gasteiger partial charge in [-0.05, 0) is 70.8 Å². The van der Waals surface area contributed by atoms with Crippen molar-refractivity contribution in [3.05, 3.63) is 28.8 Å². The fraction of sp³-hybridized carbons (Fsp3) is 0.667. The maximum atomic E-state index is 12.6. The summed E-state index contributed by atoms with van der Waals surface area (Å²) in [6.07, 6.45) is 6.06. The second-order valence-electron chi connectivity index (χ2n) is 6.74. The lowest BCUT2D eigenvalue weighted by Gasteiger charge is -2.19. The predicted molar refractivity (Wildman–Crippen MR) is 95.4 cm³/mol. The summed E-state index contributed by atoms with van der Waals surface area (Å²) in [6.45, 7) is 9.52. The molecule has 0 spiro atoms. The van der Waals surface area contributed by atoms with Crippen LogP contribution in [-0.4, -0.2) is 39.5 Å². The Morgan fingerprint density at radius 3 is 2.13 bits per heavy atom. The second-order valence-corrected chi connectivity index (χ2v) is 8.44. The largest absolute Gasteiger partial charge is 0.303 e. The van der Waals surface area contributed by atoms with Crippen LogP contribution in [0.5, 0.6) is 0 Å². The summed E-state index contributed by atoms with van der Waals surface area (Å²) in [5.74, 6) is 0. The number of nitrogens with one attached hydrogen (secondary N) is 1. The summed E-state index contributed by atoms with van der Waals surface area (Å²) in [5.41, 5.74) is 2.74. The number of likely N-dealkylation sites (tertiary alicyclic amines) is 1. The molecule has 130 valence electrons. The van der Waals surface area contributed by atoms with E-state index >= 15 is 0 Å². The van der Waals surface area contributed by atoms with E-state index in [1.807, 2.05) is 32.9 Å². The molecule has 1 fully saturated rings. The minimum atomic E-state index is -3.42. The van der Waals surface area contributed by atoms with E-state index in [1.165, 1.54) is 25.7 Å². The molecule has 1 heterocycles. The third-order valence-electron chi connectivity index (χ3n) is 4.52. The third kappa shape index (κ3) is 5.30. The molecule has 1 N–H and O–H groups in total. The number of sulfonamides is 1. The Morgan fingerprint density at radius 1 is 1.00 bits per heavy atom. The van der Waals surface area contributed by atoms with Crippen LogP contribution in [0.25, 0.3) is 0 Å². The molecule has 1 aromatic carbocycles. The minimum absolute atomic E-state index is 0.442. The summed E-state index contributed by atoms with van der Waals surface area (Å²) in [7, 11) is -3.42. The van der Waals surface area contributed by atoms with Crippen molar-refractivity contribution >= 4 is 10.0 Å². The highest BCUT2D eigenvalue weighted by atomic mass is 32.2. The van der Waals surface area contributed by atoms with E-state index < -0.39 is 10.0 Å². The molecule has 1 saturated heterocycles. The van der Waals surface area contributed by atoms with Crippen LogP contribution in [0, 0.1) is 20.8 Å². The van der Waals surface area contributed by atoms with Crippen LogP contribution in [0.3, 0.4) is 0 Å². The molecule has 0 amide bonds. The van der Waals surface area contributed by atoms with Gasteiger partial charge in [-0.2, -0.15) is 0 Å². The van der Waals surface area contributed by atoms with Gasteiger partial charge < -0.3 is 4.90 Å². The Kier molecular flexibility index (Phi) is 6.62. The Morgan fingerprint density at radius 2 is 1.57 bits per heavy atom. The zero-order chi connectivity index (χ0) is 16.9. The molecule has 2 rings (SSSR count). The molecular weight excluding hydrogens is 308 g/mol. The molecular formula is C18H30N2O2S. The fourth-order valence-electron chi connectivity index (χ4n) is 3.53. The van der Waals surface area contributed by atoms with Gasteiger partial charge in [0.05, 0.1) is 4.90 Å². The SMILES string of the molecule is Cc1cc(C)c(S(=O)(=O)NCCCN2CCCCCC2)c(C)c1.